The van der Waals surface area contributed by atoms with Crippen molar-refractivity contribution in [3.05, 3.63) is 0 Å². The number of hydrogen-bond acceptors (Lipinski definition) is 3. The Hall–Kier alpha value is -0.610. The number of hydroxylamine groups is 1. The van der Waals surface area contributed by atoms with Gasteiger partial charge in [0.25, 0.3) is 0 Å². The standard InChI is InChI=1S/C9H19NO3/c1-4-6-7-12-8(3)13-10-9(11)5-2/h8H,4-7H2,1-3H3,(H,10,11). The molecule has 78 valence electrons. The van der Waals surface area contributed by atoms with Crippen LogP contribution < -0.4 is 5.48 Å². The highest BCUT2D eigenvalue weighted by Gasteiger charge is 2.03. The molecule has 0 aliphatic carbocycles. The maximum absolute atomic E-state index is 10.8. The molecule has 0 aromatic rings. The molecule has 0 aliphatic heterocycles. The van der Waals surface area contributed by atoms with E-state index >= 15 is 0 Å². The molecule has 0 spiro atoms. The Morgan fingerprint density at radius 3 is 2.69 bits per heavy atom. The van der Waals surface area contributed by atoms with Gasteiger partial charge < -0.3 is 4.74 Å². The van der Waals surface area contributed by atoms with Gasteiger partial charge in [-0.15, -0.1) is 0 Å². The molecule has 13 heavy (non-hydrogen) atoms. The average molecular weight is 189 g/mol. The van der Waals surface area contributed by atoms with Gasteiger partial charge in [-0.3, -0.25) is 4.79 Å². The van der Waals surface area contributed by atoms with Crippen LogP contribution in [0.1, 0.15) is 40.0 Å². The molecule has 1 amide bonds. The van der Waals surface area contributed by atoms with Gasteiger partial charge in [-0.1, -0.05) is 20.3 Å². The van der Waals surface area contributed by atoms with E-state index in [0.717, 1.165) is 12.8 Å². The van der Waals surface area contributed by atoms with Gasteiger partial charge in [0, 0.05) is 13.0 Å². The Bertz CT molecular complexity index is 139. The number of hydrogen-bond donors (Lipinski definition) is 1. The van der Waals surface area contributed by atoms with Gasteiger partial charge in [0.15, 0.2) is 6.29 Å². The Labute approximate surface area is 79.6 Å². The van der Waals surface area contributed by atoms with E-state index in [1.54, 1.807) is 13.8 Å². The molecule has 0 radical (unpaired) electrons. The highest BCUT2D eigenvalue weighted by Crippen LogP contribution is 1.95. The maximum atomic E-state index is 10.8. The molecule has 4 nitrogen and oxygen atoms in total. The minimum Gasteiger partial charge on any atom is -0.350 e. The van der Waals surface area contributed by atoms with Crippen molar-refractivity contribution in [1.29, 1.82) is 0 Å². The van der Waals surface area contributed by atoms with Gasteiger partial charge in [-0.25, -0.2) is 10.3 Å². The van der Waals surface area contributed by atoms with Gasteiger partial charge in [0.05, 0.1) is 0 Å². The molecule has 0 saturated heterocycles. The van der Waals surface area contributed by atoms with Crippen molar-refractivity contribution in [3.63, 3.8) is 0 Å². The van der Waals surface area contributed by atoms with Crippen LogP contribution >= 0.6 is 0 Å². The number of amides is 1. The highest BCUT2D eigenvalue weighted by molar-refractivity contribution is 5.74. The molecule has 0 bridgehead atoms. The first kappa shape index (κ1) is 12.4. The molecular weight excluding hydrogens is 170 g/mol. The summed E-state index contributed by atoms with van der Waals surface area (Å²) in [6.07, 6.45) is 2.15. The first-order valence-corrected chi connectivity index (χ1v) is 4.76. The Morgan fingerprint density at radius 1 is 1.46 bits per heavy atom. The topological polar surface area (TPSA) is 47.6 Å². The number of nitrogens with one attached hydrogen (secondary N) is 1. The van der Waals surface area contributed by atoms with Crippen LogP contribution in [0.15, 0.2) is 0 Å². The maximum Gasteiger partial charge on any atom is 0.243 e. The van der Waals surface area contributed by atoms with Gasteiger partial charge >= 0.3 is 0 Å². The van der Waals surface area contributed by atoms with Gasteiger partial charge in [0.2, 0.25) is 5.91 Å². The summed E-state index contributed by atoms with van der Waals surface area (Å²) >= 11 is 0. The molecule has 0 aromatic carbocycles. The zero-order chi connectivity index (χ0) is 10.1. The molecule has 0 saturated carbocycles. The summed E-state index contributed by atoms with van der Waals surface area (Å²) in [7, 11) is 0. The Balaban J connectivity index is 3.29. The fourth-order valence-corrected chi connectivity index (χ4v) is 0.649. The third-order valence-corrected chi connectivity index (χ3v) is 1.51. The third kappa shape index (κ3) is 7.74. The minimum atomic E-state index is -0.373. The van der Waals surface area contributed by atoms with Crippen molar-refractivity contribution >= 4 is 5.91 Å². The molecule has 1 atom stereocenters. The molecule has 0 fully saturated rings. The molecule has 0 rings (SSSR count). The van der Waals surface area contributed by atoms with E-state index < -0.39 is 0 Å². The normalized spacial score (nSPS) is 12.5. The average Bonchev–Trinajstić information content (AvgIpc) is 2.14. The van der Waals surface area contributed by atoms with E-state index in [2.05, 4.69) is 12.4 Å². The zero-order valence-electron chi connectivity index (χ0n) is 8.63. The second-order valence-electron chi connectivity index (χ2n) is 2.79. The van der Waals surface area contributed by atoms with Crippen molar-refractivity contribution in [2.24, 2.45) is 0 Å². The number of ether oxygens (including phenoxy) is 1. The lowest BCUT2D eigenvalue weighted by atomic mass is 10.4. The van der Waals surface area contributed by atoms with Crippen molar-refractivity contribution in [3.8, 4) is 0 Å². The smallest absolute Gasteiger partial charge is 0.243 e. The van der Waals surface area contributed by atoms with Gasteiger partial charge in [-0.2, -0.15) is 0 Å². The van der Waals surface area contributed by atoms with Crippen molar-refractivity contribution < 1.29 is 14.4 Å². The van der Waals surface area contributed by atoms with E-state index in [4.69, 9.17) is 9.57 Å². The summed E-state index contributed by atoms with van der Waals surface area (Å²) in [5, 5.41) is 0. The number of unbranched alkanes of at least 4 members (excludes halogenated alkanes) is 1. The SMILES string of the molecule is CCCCOC(C)ONC(=O)CC. The predicted molar refractivity (Wildman–Crippen MR) is 49.8 cm³/mol. The largest absolute Gasteiger partial charge is 0.350 e. The van der Waals surface area contributed by atoms with Crippen molar-refractivity contribution in [2.75, 3.05) is 6.61 Å². The fraction of sp³-hybridized carbons (Fsp3) is 0.889. The van der Waals surface area contributed by atoms with E-state index in [1.165, 1.54) is 0 Å². The number of rotatable bonds is 7. The molecule has 4 heteroatoms. The van der Waals surface area contributed by atoms with E-state index in [9.17, 15) is 4.79 Å². The monoisotopic (exact) mass is 189 g/mol. The van der Waals surface area contributed by atoms with E-state index in [0.29, 0.717) is 13.0 Å². The predicted octanol–water partition coefficient (Wildman–Crippen LogP) is 1.61. The zero-order valence-corrected chi connectivity index (χ0v) is 8.63. The minimum absolute atomic E-state index is 0.133. The van der Waals surface area contributed by atoms with Crippen molar-refractivity contribution in [1.82, 2.24) is 5.48 Å². The van der Waals surface area contributed by atoms with Crippen LogP contribution in [-0.4, -0.2) is 18.8 Å². The highest BCUT2D eigenvalue weighted by atomic mass is 16.8. The van der Waals surface area contributed by atoms with E-state index in [-0.39, 0.29) is 12.2 Å². The molecule has 1 N–H and O–H groups in total. The summed E-state index contributed by atoms with van der Waals surface area (Å²) in [6.45, 7) is 6.28. The third-order valence-electron chi connectivity index (χ3n) is 1.51. The lowest BCUT2D eigenvalue weighted by molar-refractivity contribution is -0.180. The lowest BCUT2D eigenvalue weighted by Gasteiger charge is -2.13. The summed E-state index contributed by atoms with van der Waals surface area (Å²) in [6, 6.07) is 0. The van der Waals surface area contributed by atoms with Crippen molar-refractivity contribution in [2.45, 2.75) is 46.3 Å². The van der Waals surface area contributed by atoms with Crippen LogP contribution in [0.2, 0.25) is 0 Å². The quantitative estimate of drug-likeness (QED) is 0.376. The second kappa shape index (κ2) is 8.01. The first-order chi connectivity index (χ1) is 6.20. The Morgan fingerprint density at radius 2 is 2.15 bits per heavy atom. The number of carbonyl (C=O) groups excluding carboxylic acids is 1. The summed E-state index contributed by atoms with van der Waals surface area (Å²) in [5.74, 6) is -0.133. The summed E-state index contributed by atoms with van der Waals surface area (Å²) < 4.78 is 5.24. The van der Waals surface area contributed by atoms with Gasteiger partial charge in [0.1, 0.15) is 0 Å². The van der Waals surface area contributed by atoms with Crippen LogP contribution in [0.4, 0.5) is 0 Å². The number of carbonyl (C=O) groups is 1. The molecule has 1 unspecified atom stereocenters. The van der Waals surface area contributed by atoms with Crippen LogP contribution in [0.25, 0.3) is 0 Å². The fourth-order valence-electron chi connectivity index (χ4n) is 0.649. The Kier molecular flexibility index (Phi) is 7.63. The molecule has 0 aliphatic rings. The molecular formula is C9H19NO3. The van der Waals surface area contributed by atoms with Crippen LogP contribution in [0, 0.1) is 0 Å². The van der Waals surface area contributed by atoms with E-state index in [1.807, 2.05) is 0 Å². The van der Waals surface area contributed by atoms with Crippen LogP contribution in [0.3, 0.4) is 0 Å². The summed E-state index contributed by atoms with van der Waals surface area (Å²) in [4.78, 5) is 15.7. The molecule has 0 aromatic heterocycles. The second-order valence-corrected chi connectivity index (χ2v) is 2.79. The van der Waals surface area contributed by atoms with Gasteiger partial charge in [-0.05, 0) is 13.3 Å². The molecule has 0 heterocycles. The lowest BCUT2D eigenvalue weighted by Crippen LogP contribution is -2.29. The van der Waals surface area contributed by atoms with Crippen LogP contribution in [0.5, 0.6) is 0 Å². The van der Waals surface area contributed by atoms with Crippen LogP contribution in [-0.2, 0) is 14.4 Å². The summed E-state index contributed by atoms with van der Waals surface area (Å²) in [5.41, 5.74) is 2.30. The first-order valence-electron chi connectivity index (χ1n) is 4.76.